The summed E-state index contributed by atoms with van der Waals surface area (Å²) in [5.74, 6) is 0. The van der Waals surface area contributed by atoms with Gasteiger partial charge in [0.15, 0.2) is 0 Å². The van der Waals surface area contributed by atoms with Crippen molar-refractivity contribution in [3.8, 4) is 0 Å². The molecule has 84 valence electrons. The predicted molar refractivity (Wildman–Crippen MR) is 61.9 cm³/mol. The monoisotopic (exact) mass is 208 g/mol. The van der Waals surface area contributed by atoms with E-state index in [1.54, 1.807) is 7.11 Å². The standard InChI is InChI=1S/C12H20N2O/c1-3-13-12(7-9-15-2)10-11-6-4-5-8-14-11/h4-6,8,12-13H,3,7,9-10H2,1-2H3. The molecule has 0 aromatic carbocycles. The van der Waals surface area contributed by atoms with E-state index in [9.17, 15) is 0 Å². The lowest BCUT2D eigenvalue weighted by Crippen LogP contribution is -2.32. The molecular formula is C12H20N2O. The van der Waals surface area contributed by atoms with Gasteiger partial charge in [-0.3, -0.25) is 4.98 Å². The molecule has 1 aromatic heterocycles. The van der Waals surface area contributed by atoms with Gasteiger partial charge in [-0.15, -0.1) is 0 Å². The summed E-state index contributed by atoms with van der Waals surface area (Å²) in [5, 5.41) is 3.45. The van der Waals surface area contributed by atoms with Crippen LogP contribution in [0.25, 0.3) is 0 Å². The molecule has 1 unspecified atom stereocenters. The molecule has 1 heterocycles. The van der Waals surface area contributed by atoms with Crippen LogP contribution < -0.4 is 5.32 Å². The Bertz CT molecular complexity index is 251. The fourth-order valence-electron chi connectivity index (χ4n) is 1.60. The lowest BCUT2D eigenvalue weighted by Gasteiger charge is -2.16. The summed E-state index contributed by atoms with van der Waals surface area (Å²) in [6.45, 7) is 3.91. The lowest BCUT2D eigenvalue weighted by atomic mass is 10.1. The molecule has 3 nitrogen and oxygen atoms in total. The van der Waals surface area contributed by atoms with Crippen LogP contribution in [0.3, 0.4) is 0 Å². The zero-order chi connectivity index (χ0) is 10.9. The van der Waals surface area contributed by atoms with Gasteiger partial charge in [-0.1, -0.05) is 13.0 Å². The Kier molecular flexibility index (Phi) is 5.97. The molecule has 0 aliphatic rings. The predicted octanol–water partition coefficient (Wildman–Crippen LogP) is 1.64. The first kappa shape index (κ1) is 12.1. The Morgan fingerprint density at radius 1 is 1.47 bits per heavy atom. The quantitative estimate of drug-likeness (QED) is 0.739. The third-order valence-corrected chi connectivity index (χ3v) is 2.34. The zero-order valence-electron chi connectivity index (χ0n) is 9.57. The molecule has 0 saturated heterocycles. The van der Waals surface area contributed by atoms with Crippen molar-refractivity contribution in [2.75, 3.05) is 20.3 Å². The average Bonchev–Trinajstić information content (AvgIpc) is 2.28. The van der Waals surface area contributed by atoms with E-state index in [0.29, 0.717) is 6.04 Å². The number of pyridine rings is 1. The van der Waals surface area contributed by atoms with Gasteiger partial charge in [-0.25, -0.2) is 0 Å². The van der Waals surface area contributed by atoms with Crippen LogP contribution in [0.5, 0.6) is 0 Å². The molecule has 0 amide bonds. The second-order valence-corrected chi connectivity index (χ2v) is 3.56. The molecule has 0 fully saturated rings. The fraction of sp³-hybridized carbons (Fsp3) is 0.583. The highest BCUT2D eigenvalue weighted by molar-refractivity contribution is 5.05. The molecular weight excluding hydrogens is 188 g/mol. The van der Waals surface area contributed by atoms with Crippen LogP contribution in [0.2, 0.25) is 0 Å². The van der Waals surface area contributed by atoms with Crippen LogP contribution in [0.1, 0.15) is 19.0 Å². The van der Waals surface area contributed by atoms with E-state index >= 15 is 0 Å². The van der Waals surface area contributed by atoms with Gasteiger partial charge in [0.25, 0.3) is 0 Å². The van der Waals surface area contributed by atoms with Crippen molar-refractivity contribution < 1.29 is 4.74 Å². The first-order chi connectivity index (χ1) is 7.36. The highest BCUT2D eigenvalue weighted by Crippen LogP contribution is 2.03. The van der Waals surface area contributed by atoms with E-state index in [1.807, 2.05) is 18.3 Å². The van der Waals surface area contributed by atoms with Gasteiger partial charge in [0.05, 0.1) is 0 Å². The van der Waals surface area contributed by atoms with Gasteiger partial charge >= 0.3 is 0 Å². The number of aromatic nitrogens is 1. The summed E-state index contributed by atoms with van der Waals surface area (Å²) in [5.41, 5.74) is 1.14. The molecule has 0 aliphatic heterocycles. The van der Waals surface area contributed by atoms with Crippen molar-refractivity contribution in [3.05, 3.63) is 30.1 Å². The first-order valence-corrected chi connectivity index (χ1v) is 5.49. The lowest BCUT2D eigenvalue weighted by molar-refractivity contribution is 0.182. The molecule has 0 bridgehead atoms. The molecule has 3 heteroatoms. The van der Waals surface area contributed by atoms with Crippen molar-refractivity contribution in [3.63, 3.8) is 0 Å². The SMILES string of the molecule is CCNC(CCOC)Cc1ccccn1. The second kappa shape index (κ2) is 7.37. The number of rotatable bonds is 7. The molecule has 1 N–H and O–H groups in total. The summed E-state index contributed by atoms with van der Waals surface area (Å²) >= 11 is 0. The summed E-state index contributed by atoms with van der Waals surface area (Å²) in [6, 6.07) is 6.50. The average molecular weight is 208 g/mol. The highest BCUT2D eigenvalue weighted by Gasteiger charge is 2.08. The van der Waals surface area contributed by atoms with Gasteiger partial charge < -0.3 is 10.1 Å². The van der Waals surface area contributed by atoms with E-state index in [-0.39, 0.29) is 0 Å². The maximum absolute atomic E-state index is 5.10. The summed E-state index contributed by atoms with van der Waals surface area (Å²) in [4.78, 5) is 4.33. The summed E-state index contributed by atoms with van der Waals surface area (Å²) in [6.07, 6.45) is 3.84. The van der Waals surface area contributed by atoms with Crippen LogP contribution in [0.4, 0.5) is 0 Å². The Balaban J connectivity index is 2.43. The van der Waals surface area contributed by atoms with Gasteiger partial charge in [0.2, 0.25) is 0 Å². The first-order valence-electron chi connectivity index (χ1n) is 5.49. The topological polar surface area (TPSA) is 34.1 Å². The normalized spacial score (nSPS) is 12.7. The molecule has 1 rings (SSSR count). The Labute approximate surface area is 91.9 Å². The summed E-state index contributed by atoms with van der Waals surface area (Å²) < 4.78 is 5.10. The number of hydrogen-bond donors (Lipinski definition) is 1. The molecule has 0 aliphatic carbocycles. The number of nitrogens with zero attached hydrogens (tertiary/aromatic N) is 1. The van der Waals surface area contributed by atoms with Gasteiger partial charge in [-0.2, -0.15) is 0 Å². The third kappa shape index (κ3) is 4.91. The number of hydrogen-bond acceptors (Lipinski definition) is 3. The van der Waals surface area contributed by atoms with Crippen LogP contribution >= 0.6 is 0 Å². The minimum absolute atomic E-state index is 0.463. The maximum atomic E-state index is 5.10. The van der Waals surface area contributed by atoms with Crippen LogP contribution in [-0.4, -0.2) is 31.3 Å². The van der Waals surface area contributed by atoms with E-state index in [0.717, 1.165) is 31.7 Å². The van der Waals surface area contributed by atoms with E-state index < -0.39 is 0 Å². The van der Waals surface area contributed by atoms with Crippen LogP contribution in [-0.2, 0) is 11.2 Å². The minimum Gasteiger partial charge on any atom is -0.385 e. The number of nitrogens with one attached hydrogen (secondary N) is 1. The zero-order valence-corrected chi connectivity index (χ0v) is 9.57. The van der Waals surface area contributed by atoms with Crippen LogP contribution in [0.15, 0.2) is 24.4 Å². The molecule has 15 heavy (non-hydrogen) atoms. The van der Waals surface area contributed by atoms with E-state index in [2.05, 4.69) is 23.3 Å². The van der Waals surface area contributed by atoms with Gasteiger partial charge in [0.1, 0.15) is 0 Å². The number of methoxy groups -OCH3 is 1. The van der Waals surface area contributed by atoms with Crippen LogP contribution in [0, 0.1) is 0 Å². The maximum Gasteiger partial charge on any atom is 0.0477 e. The third-order valence-electron chi connectivity index (χ3n) is 2.34. The van der Waals surface area contributed by atoms with Crippen molar-refractivity contribution >= 4 is 0 Å². The highest BCUT2D eigenvalue weighted by atomic mass is 16.5. The fourth-order valence-corrected chi connectivity index (χ4v) is 1.60. The number of ether oxygens (including phenoxy) is 1. The molecule has 0 radical (unpaired) electrons. The van der Waals surface area contributed by atoms with Gasteiger partial charge in [0, 0.05) is 38.1 Å². The summed E-state index contributed by atoms with van der Waals surface area (Å²) in [7, 11) is 1.74. The van der Waals surface area contributed by atoms with E-state index in [4.69, 9.17) is 4.74 Å². The van der Waals surface area contributed by atoms with Crippen molar-refractivity contribution in [1.29, 1.82) is 0 Å². The number of likely N-dealkylation sites (N-methyl/N-ethyl adjacent to an activating group) is 1. The minimum atomic E-state index is 0.463. The largest absolute Gasteiger partial charge is 0.385 e. The Morgan fingerprint density at radius 2 is 2.33 bits per heavy atom. The molecule has 0 spiro atoms. The Morgan fingerprint density at radius 3 is 2.93 bits per heavy atom. The second-order valence-electron chi connectivity index (χ2n) is 3.56. The van der Waals surface area contributed by atoms with Crippen molar-refractivity contribution in [2.24, 2.45) is 0 Å². The van der Waals surface area contributed by atoms with E-state index in [1.165, 1.54) is 0 Å². The Hall–Kier alpha value is -0.930. The smallest absolute Gasteiger partial charge is 0.0477 e. The van der Waals surface area contributed by atoms with Gasteiger partial charge in [-0.05, 0) is 25.1 Å². The molecule has 1 aromatic rings. The van der Waals surface area contributed by atoms with Crippen molar-refractivity contribution in [1.82, 2.24) is 10.3 Å². The molecule has 0 saturated carbocycles. The molecule has 1 atom stereocenters. The van der Waals surface area contributed by atoms with Crippen molar-refractivity contribution in [2.45, 2.75) is 25.8 Å².